The highest BCUT2D eigenvalue weighted by Crippen LogP contribution is 2.31. The van der Waals surface area contributed by atoms with E-state index in [4.69, 9.17) is 25.5 Å². The third-order valence-electron chi connectivity index (χ3n) is 3.94. The van der Waals surface area contributed by atoms with Crippen molar-refractivity contribution < 1.29 is 13.9 Å². The van der Waals surface area contributed by atoms with Gasteiger partial charge in [-0.3, -0.25) is 0 Å². The Morgan fingerprint density at radius 1 is 1.35 bits per heavy atom. The fraction of sp³-hybridized carbons (Fsp3) is 0.438. The van der Waals surface area contributed by atoms with Gasteiger partial charge < -0.3 is 19.2 Å². The normalized spacial score (nSPS) is 17.8. The van der Waals surface area contributed by atoms with Crippen molar-refractivity contribution in [3.05, 3.63) is 38.7 Å². The van der Waals surface area contributed by atoms with E-state index in [1.54, 1.807) is 19.1 Å². The molecule has 5 nitrogen and oxygen atoms in total. The number of benzene rings is 1. The SMILES string of the molecule is Cc1c(C)c2cc(Cl)c(OCC3CNCCO3)cc2oc1=O.Cl. The van der Waals surface area contributed by atoms with E-state index >= 15 is 0 Å². The lowest BCUT2D eigenvalue weighted by Gasteiger charge is -2.23. The lowest BCUT2D eigenvalue weighted by atomic mass is 10.1. The van der Waals surface area contributed by atoms with Crippen molar-refractivity contribution in [1.82, 2.24) is 5.32 Å². The van der Waals surface area contributed by atoms with Gasteiger partial charge in [0.2, 0.25) is 0 Å². The second kappa shape index (κ2) is 7.53. The van der Waals surface area contributed by atoms with Crippen LogP contribution in [0, 0.1) is 13.8 Å². The van der Waals surface area contributed by atoms with E-state index in [0.29, 0.717) is 35.1 Å². The van der Waals surface area contributed by atoms with Crippen LogP contribution in [-0.2, 0) is 4.74 Å². The molecule has 126 valence electrons. The second-order valence-corrected chi connectivity index (χ2v) is 5.83. The number of ether oxygens (including phenoxy) is 2. The number of nitrogens with one attached hydrogen (secondary N) is 1. The number of morpholine rings is 1. The van der Waals surface area contributed by atoms with Crippen molar-refractivity contribution in [2.24, 2.45) is 0 Å². The standard InChI is InChI=1S/C16H18ClNO4.ClH/c1-9-10(2)16(19)22-14-6-15(13(17)5-12(9)14)21-8-11-7-18-3-4-20-11;/h5-6,11,18H,3-4,7-8H2,1-2H3;1H. The molecule has 7 heteroatoms. The molecule has 0 spiro atoms. The Hall–Kier alpha value is -1.27. The molecule has 23 heavy (non-hydrogen) atoms. The molecule has 1 fully saturated rings. The molecule has 1 aliphatic rings. The van der Waals surface area contributed by atoms with Crippen LogP contribution in [-0.4, -0.2) is 32.4 Å². The molecule has 3 rings (SSSR count). The Balaban J connectivity index is 0.00000192. The molecular formula is C16H19Cl2NO4. The topological polar surface area (TPSA) is 60.7 Å². The van der Waals surface area contributed by atoms with E-state index in [2.05, 4.69) is 5.32 Å². The van der Waals surface area contributed by atoms with Gasteiger partial charge in [0.25, 0.3) is 0 Å². The maximum atomic E-state index is 11.8. The summed E-state index contributed by atoms with van der Waals surface area (Å²) in [6.07, 6.45) is -0.00715. The maximum Gasteiger partial charge on any atom is 0.339 e. The van der Waals surface area contributed by atoms with Crippen LogP contribution < -0.4 is 15.7 Å². The van der Waals surface area contributed by atoms with Gasteiger partial charge in [0.1, 0.15) is 24.0 Å². The minimum absolute atomic E-state index is 0. The average molecular weight is 360 g/mol. The van der Waals surface area contributed by atoms with Gasteiger partial charge in [-0.1, -0.05) is 11.6 Å². The molecule has 0 saturated carbocycles. The molecule has 1 saturated heterocycles. The number of rotatable bonds is 3. The molecule has 0 radical (unpaired) electrons. The Bertz CT molecular complexity index is 754. The van der Waals surface area contributed by atoms with E-state index in [1.807, 2.05) is 6.92 Å². The maximum absolute atomic E-state index is 11.8. The minimum atomic E-state index is -0.335. The fourth-order valence-electron chi connectivity index (χ4n) is 2.46. The molecule has 0 bridgehead atoms. The number of halogens is 2. The summed E-state index contributed by atoms with van der Waals surface area (Å²) < 4.78 is 16.6. The van der Waals surface area contributed by atoms with Crippen molar-refractivity contribution in [1.29, 1.82) is 0 Å². The van der Waals surface area contributed by atoms with Gasteiger partial charge in [0.15, 0.2) is 0 Å². The van der Waals surface area contributed by atoms with Crippen molar-refractivity contribution in [2.45, 2.75) is 20.0 Å². The summed E-state index contributed by atoms with van der Waals surface area (Å²) in [6, 6.07) is 3.44. The Labute approximate surface area is 145 Å². The molecule has 1 aromatic heterocycles. The molecule has 1 aromatic carbocycles. The van der Waals surface area contributed by atoms with Gasteiger partial charge >= 0.3 is 5.63 Å². The number of hydrogen-bond acceptors (Lipinski definition) is 5. The van der Waals surface area contributed by atoms with Crippen LogP contribution in [0.5, 0.6) is 5.75 Å². The third-order valence-corrected chi connectivity index (χ3v) is 4.23. The molecule has 1 N–H and O–H groups in total. The van der Waals surface area contributed by atoms with E-state index in [-0.39, 0.29) is 24.1 Å². The molecule has 2 aromatic rings. The van der Waals surface area contributed by atoms with Crippen LogP contribution in [0.1, 0.15) is 11.1 Å². The summed E-state index contributed by atoms with van der Waals surface area (Å²) >= 11 is 6.28. The lowest BCUT2D eigenvalue weighted by Crippen LogP contribution is -2.41. The number of hydrogen-bond donors (Lipinski definition) is 1. The van der Waals surface area contributed by atoms with Crippen LogP contribution in [0.15, 0.2) is 21.3 Å². The van der Waals surface area contributed by atoms with E-state index in [1.165, 1.54) is 0 Å². The monoisotopic (exact) mass is 359 g/mol. The van der Waals surface area contributed by atoms with Gasteiger partial charge in [-0.15, -0.1) is 12.4 Å². The van der Waals surface area contributed by atoms with Crippen molar-refractivity contribution >= 4 is 35.0 Å². The van der Waals surface area contributed by atoms with Gasteiger partial charge in [-0.05, 0) is 25.5 Å². The van der Waals surface area contributed by atoms with Crippen LogP contribution in [0.3, 0.4) is 0 Å². The zero-order valence-electron chi connectivity index (χ0n) is 13.0. The van der Waals surface area contributed by atoms with Crippen molar-refractivity contribution in [3.8, 4) is 5.75 Å². The van der Waals surface area contributed by atoms with Crippen LogP contribution in [0.2, 0.25) is 5.02 Å². The van der Waals surface area contributed by atoms with E-state index in [9.17, 15) is 4.79 Å². The lowest BCUT2D eigenvalue weighted by molar-refractivity contribution is 0.000228. The minimum Gasteiger partial charge on any atom is -0.489 e. The molecule has 0 amide bonds. The van der Waals surface area contributed by atoms with E-state index < -0.39 is 0 Å². The van der Waals surface area contributed by atoms with Gasteiger partial charge in [-0.25, -0.2) is 4.79 Å². The highest BCUT2D eigenvalue weighted by Gasteiger charge is 2.16. The van der Waals surface area contributed by atoms with Crippen molar-refractivity contribution in [2.75, 3.05) is 26.3 Å². The second-order valence-electron chi connectivity index (χ2n) is 5.43. The average Bonchev–Trinajstić information content (AvgIpc) is 2.53. The molecule has 1 atom stereocenters. The van der Waals surface area contributed by atoms with Gasteiger partial charge in [-0.2, -0.15) is 0 Å². The molecular weight excluding hydrogens is 341 g/mol. The predicted octanol–water partition coefficient (Wildman–Crippen LogP) is 2.85. The largest absolute Gasteiger partial charge is 0.489 e. The first-order chi connectivity index (χ1) is 10.6. The highest BCUT2D eigenvalue weighted by molar-refractivity contribution is 6.32. The first kappa shape index (κ1) is 18.1. The van der Waals surface area contributed by atoms with Gasteiger partial charge in [0.05, 0.1) is 11.6 Å². The quantitative estimate of drug-likeness (QED) is 0.853. The van der Waals surface area contributed by atoms with Crippen LogP contribution >= 0.6 is 24.0 Å². The summed E-state index contributed by atoms with van der Waals surface area (Å²) in [5, 5.41) is 4.56. The van der Waals surface area contributed by atoms with Crippen LogP contribution in [0.25, 0.3) is 11.0 Å². The third kappa shape index (κ3) is 3.80. The number of fused-ring (bicyclic) bond motifs is 1. The van der Waals surface area contributed by atoms with Gasteiger partial charge in [0, 0.05) is 30.1 Å². The fourth-order valence-corrected chi connectivity index (χ4v) is 2.68. The Morgan fingerprint density at radius 2 is 2.13 bits per heavy atom. The molecule has 0 aliphatic carbocycles. The highest BCUT2D eigenvalue weighted by atomic mass is 35.5. The summed E-state index contributed by atoms with van der Waals surface area (Å²) in [5.74, 6) is 0.495. The summed E-state index contributed by atoms with van der Waals surface area (Å²) in [6.45, 7) is 6.30. The summed E-state index contributed by atoms with van der Waals surface area (Å²) in [7, 11) is 0. The molecule has 1 aliphatic heterocycles. The smallest absolute Gasteiger partial charge is 0.339 e. The van der Waals surface area contributed by atoms with Crippen LogP contribution in [0.4, 0.5) is 0 Å². The molecule has 2 heterocycles. The summed E-state index contributed by atoms with van der Waals surface area (Å²) in [5.41, 5.74) is 1.62. The predicted molar refractivity (Wildman–Crippen MR) is 92.3 cm³/mol. The van der Waals surface area contributed by atoms with E-state index in [0.717, 1.165) is 24.0 Å². The Morgan fingerprint density at radius 3 is 2.83 bits per heavy atom. The zero-order valence-corrected chi connectivity index (χ0v) is 14.6. The molecule has 1 unspecified atom stereocenters. The first-order valence-electron chi connectivity index (χ1n) is 7.25. The summed E-state index contributed by atoms with van der Waals surface area (Å²) in [4.78, 5) is 11.8. The number of aryl methyl sites for hydroxylation is 1. The first-order valence-corrected chi connectivity index (χ1v) is 7.62. The Kier molecular flexibility index (Phi) is 5.92. The zero-order chi connectivity index (χ0) is 15.7. The van der Waals surface area contributed by atoms with Crippen molar-refractivity contribution in [3.63, 3.8) is 0 Å².